The fourth-order valence-corrected chi connectivity index (χ4v) is 3.76. The monoisotopic (exact) mass is 358 g/mol. The summed E-state index contributed by atoms with van der Waals surface area (Å²) in [5, 5.41) is 0. The van der Waals surface area contributed by atoms with Crippen molar-refractivity contribution in [3.05, 3.63) is 59.9 Å². The van der Waals surface area contributed by atoms with Gasteiger partial charge >= 0.3 is 0 Å². The summed E-state index contributed by atoms with van der Waals surface area (Å²) in [6, 6.07) is 15.0. The predicted octanol–water partition coefficient (Wildman–Crippen LogP) is 3.97. The van der Waals surface area contributed by atoms with E-state index in [1.807, 2.05) is 4.90 Å². The Morgan fingerprint density at radius 1 is 1.00 bits per heavy atom. The Kier molecular flexibility index (Phi) is 5.97. The Balaban J connectivity index is 1.42. The smallest absolute Gasteiger partial charge is 0.223 e. The summed E-state index contributed by atoms with van der Waals surface area (Å²) in [7, 11) is 0. The minimum atomic E-state index is -0.219. The molecule has 1 fully saturated rings. The third-order valence-corrected chi connectivity index (χ3v) is 5.44. The molecule has 3 rings (SSSR count). The molecule has 0 aromatic heterocycles. The molecule has 0 bridgehead atoms. The van der Waals surface area contributed by atoms with E-state index in [1.54, 1.807) is 23.9 Å². The van der Waals surface area contributed by atoms with Gasteiger partial charge in [0.2, 0.25) is 5.91 Å². The molecule has 1 saturated heterocycles. The zero-order valence-electron chi connectivity index (χ0n) is 14.5. The normalized spacial score (nSPS) is 14.6. The number of halogens is 1. The third-order valence-electron chi connectivity index (χ3n) is 4.43. The van der Waals surface area contributed by atoms with E-state index in [0.29, 0.717) is 6.42 Å². The lowest BCUT2D eigenvalue weighted by Gasteiger charge is -2.36. The number of nitrogens with zero attached hydrogens (tertiary/aromatic N) is 2. The second-order valence-corrected chi connectivity index (χ2v) is 7.42. The van der Waals surface area contributed by atoms with Crippen LogP contribution in [0.3, 0.4) is 0 Å². The lowest BCUT2D eigenvalue weighted by molar-refractivity contribution is -0.131. The first-order chi connectivity index (χ1) is 12.1. The molecule has 25 heavy (non-hydrogen) atoms. The van der Waals surface area contributed by atoms with Gasteiger partial charge in [-0.15, -0.1) is 11.8 Å². The van der Waals surface area contributed by atoms with Crippen LogP contribution >= 0.6 is 11.8 Å². The first-order valence-corrected chi connectivity index (χ1v) is 9.58. The van der Waals surface area contributed by atoms with Crippen molar-refractivity contribution in [1.82, 2.24) is 4.90 Å². The van der Waals surface area contributed by atoms with Gasteiger partial charge in [-0.05, 0) is 43.3 Å². The zero-order valence-corrected chi connectivity index (χ0v) is 15.3. The van der Waals surface area contributed by atoms with E-state index in [4.69, 9.17) is 0 Å². The van der Waals surface area contributed by atoms with Crippen LogP contribution in [0, 0.1) is 12.7 Å². The quantitative estimate of drug-likeness (QED) is 0.756. The SMILES string of the molecule is Cc1ccc(SCCC(=O)N2CCN(c3ccc(F)cc3)CC2)cc1. The van der Waals surface area contributed by atoms with Gasteiger partial charge in [-0.1, -0.05) is 17.7 Å². The maximum Gasteiger partial charge on any atom is 0.223 e. The summed E-state index contributed by atoms with van der Waals surface area (Å²) in [4.78, 5) is 17.7. The van der Waals surface area contributed by atoms with Gasteiger partial charge in [0.1, 0.15) is 5.82 Å². The van der Waals surface area contributed by atoms with Gasteiger partial charge in [0, 0.05) is 48.9 Å². The Hall–Kier alpha value is -2.01. The molecule has 0 saturated carbocycles. The van der Waals surface area contributed by atoms with Gasteiger partial charge in [0.15, 0.2) is 0 Å². The number of aryl methyl sites for hydroxylation is 1. The number of hydrogen-bond donors (Lipinski definition) is 0. The largest absolute Gasteiger partial charge is 0.368 e. The van der Waals surface area contributed by atoms with Crippen molar-refractivity contribution in [3.8, 4) is 0 Å². The maximum atomic E-state index is 13.0. The van der Waals surface area contributed by atoms with Gasteiger partial charge in [0.25, 0.3) is 0 Å². The van der Waals surface area contributed by atoms with E-state index < -0.39 is 0 Å². The van der Waals surface area contributed by atoms with Crippen LogP contribution < -0.4 is 4.90 Å². The highest BCUT2D eigenvalue weighted by Gasteiger charge is 2.21. The van der Waals surface area contributed by atoms with Crippen LogP contribution in [0.1, 0.15) is 12.0 Å². The Bertz CT molecular complexity index is 695. The number of piperazine rings is 1. The summed E-state index contributed by atoms with van der Waals surface area (Å²) < 4.78 is 13.0. The van der Waals surface area contributed by atoms with Crippen molar-refractivity contribution in [3.63, 3.8) is 0 Å². The molecule has 0 spiro atoms. The van der Waals surface area contributed by atoms with Crippen molar-refractivity contribution < 1.29 is 9.18 Å². The van der Waals surface area contributed by atoms with Gasteiger partial charge in [-0.25, -0.2) is 4.39 Å². The second-order valence-electron chi connectivity index (χ2n) is 6.26. The van der Waals surface area contributed by atoms with Crippen LogP contribution in [0.25, 0.3) is 0 Å². The Morgan fingerprint density at radius 2 is 1.64 bits per heavy atom. The summed E-state index contributed by atoms with van der Waals surface area (Å²) in [5.74, 6) is 0.807. The van der Waals surface area contributed by atoms with Crippen LogP contribution in [-0.4, -0.2) is 42.7 Å². The molecule has 2 aromatic carbocycles. The van der Waals surface area contributed by atoms with E-state index in [0.717, 1.165) is 37.6 Å². The molecule has 5 heteroatoms. The molecular weight excluding hydrogens is 335 g/mol. The zero-order chi connectivity index (χ0) is 17.6. The molecule has 0 atom stereocenters. The number of carbonyl (C=O) groups is 1. The van der Waals surface area contributed by atoms with Crippen molar-refractivity contribution in [2.24, 2.45) is 0 Å². The van der Waals surface area contributed by atoms with E-state index in [9.17, 15) is 9.18 Å². The highest BCUT2D eigenvalue weighted by Crippen LogP contribution is 2.20. The van der Waals surface area contributed by atoms with Crippen LogP contribution in [0.5, 0.6) is 0 Å². The molecule has 0 N–H and O–H groups in total. The molecule has 2 aromatic rings. The van der Waals surface area contributed by atoms with Gasteiger partial charge in [0.05, 0.1) is 0 Å². The number of thioether (sulfide) groups is 1. The van der Waals surface area contributed by atoms with Crippen molar-refractivity contribution in [2.45, 2.75) is 18.2 Å². The van der Waals surface area contributed by atoms with E-state index in [1.165, 1.54) is 22.6 Å². The molecule has 0 unspecified atom stereocenters. The van der Waals surface area contributed by atoms with Crippen LogP contribution in [0.15, 0.2) is 53.4 Å². The first kappa shape index (κ1) is 17.8. The highest BCUT2D eigenvalue weighted by atomic mass is 32.2. The molecule has 1 amide bonds. The fraction of sp³-hybridized carbons (Fsp3) is 0.350. The minimum absolute atomic E-state index is 0.219. The summed E-state index contributed by atoms with van der Waals surface area (Å²) in [6.45, 7) is 5.12. The fourth-order valence-electron chi connectivity index (χ4n) is 2.91. The van der Waals surface area contributed by atoms with E-state index in [2.05, 4.69) is 36.1 Å². The Labute approximate surface area is 152 Å². The summed E-state index contributed by atoms with van der Waals surface area (Å²) >= 11 is 1.73. The summed E-state index contributed by atoms with van der Waals surface area (Å²) in [5.41, 5.74) is 2.27. The molecule has 3 nitrogen and oxygen atoms in total. The third kappa shape index (κ3) is 4.98. The molecule has 1 aliphatic heterocycles. The first-order valence-electron chi connectivity index (χ1n) is 8.59. The van der Waals surface area contributed by atoms with Crippen molar-refractivity contribution >= 4 is 23.4 Å². The van der Waals surface area contributed by atoms with E-state index in [-0.39, 0.29) is 11.7 Å². The summed E-state index contributed by atoms with van der Waals surface area (Å²) in [6.07, 6.45) is 0.565. The molecule has 1 aliphatic rings. The van der Waals surface area contributed by atoms with Gasteiger partial charge in [-0.3, -0.25) is 4.79 Å². The van der Waals surface area contributed by atoms with Crippen LogP contribution in [0.4, 0.5) is 10.1 Å². The van der Waals surface area contributed by atoms with Crippen molar-refractivity contribution in [2.75, 3.05) is 36.8 Å². The Morgan fingerprint density at radius 3 is 2.28 bits per heavy atom. The number of rotatable bonds is 5. The number of benzene rings is 2. The lowest BCUT2D eigenvalue weighted by Crippen LogP contribution is -2.48. The average molecular weight is 358 g/mol. The van der Waals surface area contributed by atoms with Gasteiger partial charge < -0.3 is 9.80 Å². The number of hydrogen-bond acceptors (Lipinski definition) is 3. The van der Waals surface area contributed by atoms with Gasteiger partial charge in [-0.2, -0.15) is 0 Å². The topological polar surface area (TPSA) is 23.6 Å². The molecule has 0 aliphatic carbocycles. The standard InChI is InChI=1S/C20H23FN2OS/c1-16-2-8-19(9-3-16)25-15-10-20(24)23-13-11-22(12-14-23)18-6-4-17(21)5-7-18/h2-9H,10-15H2,1H3. The predicted molar refractivity (Wildman–Crippen MR) is 102 cm³/mol. The van der Waals surface area contributed by atoms with E-state index >= 15 is 0 Å². The highest BCUT2D eigenvalue weighted by molar-refractivity contribution is 7.99. The number of amides is 1. The average Bonchev–Trinajstić information content (AvgIpc) is 2.64. The number of anilines is 1. The molecule has 1 heterocycles. The maximum absolute atomic E-state index is 13.0. The molecule has 132 valence electrons. The minimum Gasteiger partial charge on any atom is -0.368 e. The second kappa shape index (κ2) is 8.39. The molecular formula is C20H23FN2OS. The lowest BCUT2D eigenvalue weighted by atomic mass is 10.2. The van der Waals surface area contributed by atoms with Crippen molar-refractivity contribution in [1.29, 1.82) is 0 Å². The molecule has 0 radical (unpaired) electrons. The van der Waals surface area contributed by atoms with Crippen LogP contribution in [-0.2, 0) is 4.79 Å². The number of carbonyl (C=O) groups excluding carboxylic acids is 1. The van der Waals surface area contributed by atoms with Crippen LogP contribution in [0.2, 0.25) is 0 Å².